The molecule has 0 unspecified atom stereocenters. The predicted octanol–water partition coefficient (Wildman–Crippen LogP) is 3.32. The lowest BCUT2D eigenvalue weighted by atomic mass is 10.2. The molecular formula is C10H12ClO. The number of ether oxygens (including phenoxy) is 1. The zero-order valence-electron chi connectivity index (χ0n) is 7.52. The molecule has 0 aromatic heterocycles. The predicted molar refractivity (Wildman–Crippen MR) is 50.7 cm³/mol. The van der Waals surface area contributed by atoms with Crippen LogP contribution in [0, 0.1) is 6.07 Å². The van der Waals surface area contributed by atoms with Crippen LogP contribution in [0.15, 0.2) is 18.2 Å². The third-order valence-corrected chi connectivity index (χ3v) is 1.39. The maximum absolute atomic E-state index is 5.77. The lowest BCUT2D eigenvalue weighted by molar-refractivity contribution is 0.130. The van der Waals surface area contributed by atoms with E-state index in [0.29, 0.717) is 10.8 Å². The van der Waals surface area contributed by atoms with Crippen LogP contribution in [-0.4, -0.2) is 5.60 Å². The Kier molecular flexibility index (Phi) is 2.63. The standard InChI is InChI=1S/C10H12ClO/c1-10(2,3)12-9-6-4-5-8(11)7-9/h4-5,7H,1-3H3. The largest absolute Gasteiger partial charge is 0.487 e. The molecule has 0 N–H and O–H groups in total. The van der Waals surface area contributed by atoms with Crippen LogP contribution in [0.4, 0.5) is 0 Å². The first-order chi connectivity index (χ1) is 5.47. The van der Waals surface area contributed by atoms with E-state index >= 15 is 0 Å². The highest BCUT2D eigenvalue weighted by Gasteiger charge is 2.11. The SMILES string of the molecule is CC(C)(C)Oc1[c]ccc(Cl)c1. The van der Waals surface area contributed by atoms with Crippen molar-refractivity contribution in [3.8, 4) is 5.75 Å². The van der Waals surface area contributed by atoms with Gasteiger partial charge >= 0.3 is 0 Å². The smallest absolute Gasteiger partial charge is 0.129 e. The summed E-state index contributed by atoms with van der Waals surface area (Å²) in [5.74, 6) is 0.690. The molecule has 0 aliphatic heterocycles. The van der Waals surface area contributed by atoms with E-state index in [0.717, 1.165) is 0 Å². The van der Waals surface area contributed by atoms with Crippen molar-refractivity contribution in [2.45, 2.75) is 26.4 Å². The Labute approximate surface area is 78.3 Å². The average Bonchev–Trinajstić information content (AvgIpc) is 1.82. The van der Waals surface area contributed by atoms with E-state index in [1.54, 1.807) is 18.2 Å². The molecular weight excluding hydrogens is 172 g/mol. The van der Waals surface area contributed by atoms with Crippen LogP contribution < -0.4 is 4.74 Å². The van der Waals surface area contributed by atoms with Gasteiger partial charge in [0.05, 0.1) is 0 Å². The quantitative estimate of drug-likeness (QED) is 0.649. The van der Waals surface area contributed by atoms with Crippen LogP contribution in [0.25, 0.3) is 0 Å². The maximum Gasteiger partial charge on any atom is 0.129 e. The number of halogens is 1. The Morgan fingerprint density at radius 2 is 2.08 bits per heavy atom. The molecule has 1 nitrogen and oxygen atoms in total. The zero-order valence-corrected chi connectivity index (χ0v) is 8.27. The summed E-state index contributed by atoms with van der Waals surface area (Å²) in [6, 6.07) is 8.24. The van der Waals surface area contributed by atoms with Gasteiger partial charge in [-0.05, 0) is 39.0 Å². The first kappa shape index (κ1) is 9.40. The summed E-state index contributed by atoms with van der Waals surface area (Å²) in [6.07, 6.45) is 0. The maximum atomic E-state index is 5.77. The summed E-state index contributed by atoms with van der Waals surface area (Å²) in [5, 5.41) is 0.674. The first-order valence-corrected chi connectivity index (χ1v) is 4.21. The molecule has 1 rings (SSSR count). The van der Waals surface area contributed by atoms with Gasteiger partial charge in [-0.1, -0.05) is 11.6 Å². The molecule has 0 bridgehead atoms. The van der Waals surface area contributed by atoms with Crippen LogP contribution in [-0.2, 0) is 0 Å². The van der Waals surface area contributed by atoms with Crippen LogP contribution in [0.2, 0.25) is 5.02 Å². The minimum atomic E-state index is -0.193. The van der Waals surface area contributed by atoms with Gasteiger partial charge in [0.2, 0.25) is 0 Å². The summed E-state index contributed by atoms with van der Waals surface area (Å²) in [5.41, 5.74) is -0.193. The van der Waals surface area contributed by atoms with Gasteiger partial charge in [0.25, 0.3) is 0 Å². The zero-order chi connectivity index (χ0) is 9.19. The normalized spacial score (nSPS) is 11.3. The molecule has 0 atom stereocenters. The fourth-order valence-electron chi connectivity index (χ4n) is 0.807. The summed E-state index contributed by atoms with van der Waals surface area (Å²) < 4.78 is 5.54. The summed E-state index contributed by atoms with van der Waals surface area (Å²) in [4.78, 5) is 0. The molecule has 0 heterocycles. The Bertz CT molecular complexity index is 263. The van der Waals surface area contributed by atoms with E-state index in [4.69, 9.17) is 16.3 Å². The minimum Gasteiger partial charge on any atom is -0.487 e. The molecule has 0 fully saturated rings. The molecule has 1 aromatic carbocycles. The van der Waals surface area contributed by atoms with Crippen LogP contribution in [0.1, 0.15) is 20.8 Å². The number of benzene rings is 1. The number of hydrogen-bond acceptors (Lipinski definition) is 1. The Hall–Kier alpha value is -0.690. The fraction of sp³-hybridized carbons (Fsp3) is 0.400. The van der Waals surface area contributed by atoms with Crippen molar-refractivity contribution >= 4 is 11.6 Å². The fourth-order valence-corrected chi connectivity index (χ4v) is 0.969. The summed E-state index contributed by atoms with van der Waals surface area (Å²) in [7, 11) is 0. The highest BCUT2D eigenvalue weighted by molar-refractivity contribution is 6.30. The van der Waals surface area contributed by atoms with E-state index in [1.165, 1.54) is 0 Å². The van der Waals surface area contributed by atoms with Crippen molar-refractivity contribution in [1.29, 1.82) is 0 Å². The third kappa shape index (κ3) is 3.14. The van der Waals surface area contributed by atoms with Gasteiger partial charge in [0, 0.05) is 11.1 Å². The van der Waals surface area contributed by atoms with Crippen molar-refractivity contribution in [1.82, 2.24) is 0 Å². The first-order valence-electron chi connectivity index (χ1n) is 3.84. The van der Waals surface area contributed by atoms with Crippen LogP contribution >= 0.6 is 11.6 Å². The number of rotatable bonds is 1. The van der Waals surface area contributed by atoms with Gasteiger partial charge in [-0.2, -0.15) is 0 Å². The molecule has 12 heavy (non-hydrogen) atoms. The van der Waals surface area contributed by atoms with E-state index in [9.17, 15) is 0 Å². The van der Waals surface area contributed by atoms with E-state index in [1.807, 2.05) is 20.8 Å². The third-order valence-electron chi connectivity index (χ3n) is 1.15. The van der Waals surface area contributed by atoms with E-state index in [-0.39, 0.29) is 5.60 Å². The van der Waals surface area contributed by atoms with Crippen molar-refractivity contribution in [3.05, 3.63) is 29.3 Å². The van der Waals surface area contributed by atoms with Crippen molar-refractivity contribution < 1.29 is 4.74 Å². The Morgan fingerprint density at radius 1 is 1.42 bits per heavy atom. The minimum absolute atomic E-state index is 0.193. The molecule has 0 saturated carbocycles. The van der Waals surface area contributed by atoms with Crippen LogP contribution in [0.5, 0.6) is 5.75 Å². The molecule has 2 heteroatoms. The monoisotopic (exact) mass is 183 g/mol. The van der Waals surface area contributed by atoms with E-state index < -0.39 is 0 Å². The van der Waals surface area contributed by atoms with Gasteiger partial charge in [-0.25, -0.2) is 0 Å². The second kappa shape index (κ2) is 3.36. The van der Waals surface area contributed by atoms with Gasteiger partial charge in [-0.15, -0.1) is 0 Å². The van der Waals surface area contributed by atoms with Gasteiger partial charge < -0.3 is 4.74 Å². The van der Waals surface area contributed by atoms with Crippen molar-refractivity contribution in [2.75, 3.05) is 0 Å². The van der Waals surface area contributed by atoms with Crippen molar-refractivity contribution in [2.24, 2.45) is 0 Å². The summed E-state index contributed by atoms with van der Waals surface area (Å²) in [6.45, 7) is 5.96. The highest BCUT2D eigenvalue weighted by atomic mass is 35.5. The highest BCUT2D eigenvalue weighted by Crippen LogP contribution is 2.20. The molecule has 0 spiro atoms. The Morgan fingerprint density at radius 3 is 2.58 bits per heavy atom. The van der Waals surface area contributed by atoms with Gasteiger partial charge in [0.1, 0.15) is 11.4 Å². The van der Waals surface area contributed by atoms with E-state index in [2.05, 4.69) is 6.07 Å². The topological polar surface area (TPSA) is 9.23 Å². The molecule has 65 valence electrons. The second-order valence-corrected chi connectivity index (χ2v) is 4.02. The lowest BCUT2D eigenvalue weighted by Gasteiger charge is -2.20. The average molecular weight is 184 g/mol. The number of hydrogen-bond donors (Lipinski definition) is 0. The Balaban J connectivity index is 2.77. The molecule has 0 aliphatic rings. The molecule has 1 radical (unpaired) electrons. The summed E-state index contributed by atoms with van der Waals surface area (Å²) >= 11 is 5.77. The second-order valence-electron chi connectivity index (χ2n) is 3.59. The van der Waals surface area contributed by atoms with Crippen LogP contribution in [0.3, 0.4) is 0 Å². The lowest BCUT2D eigenvalue weighted by Crippen LogP contribution is -2.22. The molecule has 1 aromatic rings. The van der Waals surface area contributed by atoms with Crippen molar-refractivity contribution in [3.63, 3.8) is 0 Å². The molecule has 0 amide bonds. The van der Waals surface area contributed by atoms with Gasteiger partial charge in [-0.3, -0.25) is 0 Å². The molecule has 0 saturated heterocycles. The molecule has 0 aliphatic carbocycles. The van der Waals surface area contributed by atoms with Gasteiger partial charge in [0.15, 0.2) is 0 Å².